The van der Waals surface area contributed by atoms with Gasteiger partial charge in [0.2, 0.25) is 0 Å². The van der Waals surface area contributed by atoms with Crippen LogP contribution in [0.5, 0.6) is 0 Å². The van der Waals surface area contributed by atoms with Crippen molar-refractivity contribution >= 4 is 11.7 Å². The first-order chi connectivity index (χ1) is 8.50. The Balaban J connectivity index is 2.30. The van der Waals surface area contributed by atoms with Crippen LogP contribution in [0.2, 0.25) is 0 Å². The van der Waals surface area contributed by atoms with Gasteiger partial charge in [0.1, 0.15) is 5.69 Å². The number of Topliss-reactive ketones (excluding diaryl/α,β-unsaturated/α-hetero) is 1. The topological polar surface area (TPSA) is 71.2 Å². The van der Waals surface area contributed by atoms with E-state index in [0.717, 1.165) is 6.42 Å². The molecule has 18 heavy (non-hydrogen) atoms. The average molecular weight is 252 g/mol. The molecule has 0 spiro atoms. The molecule has 1 aromatic heterocycles. The summed E-state index contributed by atoms with van der Waals surface area (Å²) in [4.78, 5) is 25.5. The van der Waals surface area contributed by atoms with Crippen molar-refractivity contribution in [3.63, 3.8) is 0 Å². The standard InChI is InChI=1S/C13H20N2O3/c1-9(2)18-8-4-7-14-13(17)12-6-5-11(15-12)10(3)16/h5-6,9,15H,4,7-8H2,1-3H3,(H,14,17). The molecule has 5 nitrogen and oxygen atoms in total. The maximum Gasteiger partial charge on any atom is 0.267 e. The highest BCUT2D eigenvalue weighted by Gasteiger charge is 2.09. The van der Waals surface area contributed by atoms with Gasteiger partial charge in [0.15, 0.2) is 5.78 Å². The fourth-order valence-corrected chi connectivity index (χ4v) is 1.42. The van der Waals surface area contributed by atoms with E-state index in [1.165, 1.54) is 6.92 Å². The van der Waals surface area contributed by atoms with Gasteiger partial charge in [-0.15, -0.1) is 0 Å². The number of carbonyl (C=O) groups excluding carboxylic acids is 2. The zero-order valence-electron chi connectivity index (χ0n) is 11.1. The van der Waals surface area contributed by atoms with E-state index in [-0.39, 0.29) is 17.8 Å². The molecule has 0 saturated heterocycles. The molecule has 5 heteroatoms. The number of nitrogens with one attached hydrogen (secondary N) is 2. The molecular weight excluding hydrogens is 232 g/mol. The molecule has 2 N–H and O–H groups in total. The van der Waals surface area contributed by atoms with E-state index in [1.807, 2.05) is 13.8 Å². The number of H-pyrrole nitrogens is 1. The molecule has 0 fully saturated rings. The molecule has 0 radical (unpaired) electrons. The fraction of sp³-hybridized carbons (Fsp3) is 0.538. The Morgan fingerprint density at radius 1 is 1.33 bits per heavy atom. The summed E-state index contributed by atoms with van der Waals surface area (Å²) in [6, 6.07) is 3.22. The van der Waals surface area contributed by atoms with Crippen LogP contribution in [-0.2, 0) is 4.74 Å². The third kappa shape index (κ3) is 4.71. The van der Waals surface area contributed by atoms with Crippen LogP contribution in [0.3, 0.4) is 0 Å². The van der Waals surface area contributed by atoms with Gasteiger partial charge in [-0.1, -0.05) is 0 Å². The molecular formula is C13H20N2O3. The number of amides is 1. The van der Waals surface area contributed by atoms with Crippen molar-refractivity contribution in [1.82, 2.24) is 10.3 Å². The van der Waals surface area contributed by atoms with Crippen LogP contribution < -0.4 is 5.32 Å². The number of hydrogen-bond donors (Lipinski definition) is 2. The van der Waals surface area contributed by atoms with E-state index in [0.29, 0.717) is 24.5 Å². The Kier molecular flexibility index (Phi) is 5.58. The van der Waals surface area contributed by atoms with Gasteiger partial charge in [0, 0.05) is 20.1 Å². The van der Waals surface area contributed by atoms with Gasteiger partial charge in [0.25, 0.3) is 5.91 Å². The highest BCUT2D eigenvalue weighted by atomic mass is 16.5. The highest BCUT2D eigenvalue weighted by molar-refractivity contribution is 5.97. The van der Waals surface area contributed by atoms with Crippen LogP contribution in [0.15, 0.2) is 12.1 Å². The van der Waals surface area contributed by atoms with E-state index >= 15 is 0 Å². The van der Waals surface area contributed by atoms with E-state index in [1.54, 1.807) is 12.1 Å². The first-order valence-corrected chi connectivity index (χ1v) is 6.10. The van der Waals surface area contributed by atoms with Gasteiger partial charge < -0.3 is 15.0 Å². The summed E-state index contributed by atoms with van der Waals surface area (Å²) < 4.78 is 5.36. The number of hydrogen-bond acceptors (Lipinski definition) is 3. The molecule has 1 heterocycles. The normalized spacial score (nSPS) is 10.7. The summed E-state index contributed by atoms with van der Waals surface area (Å²) >= 11 is 0. The number of aromatic amines is 1. The van der Waals surface area contributed by atoms with Crippen LogP contribution in [-0.4, -0.2) is 35.9 Å². The molecule has 1 amide bonds. The zero-order valence-corrected chi connectivity index (χ0v) is 11.1. The lowest BCUT2D eigenvalue weighted by molar-refractivity contribution is 0.0756. The second-order valence-corrected chi connectivity index (χ2v) is 4.37. The molecule has 0 aliphatic rings. The molecule has 100 valence electrons. The minimum atomic E-state index is -0.202. The SMILES string of the molecule is CC(=O)c1ccc(C(=O)NCCCOC(C)C)[nH]1. The quantitative estimate of drug-likeness (QED) is 0.574. The van der Waals surface area contributed by atoms with Crippen molar-refractivity contribution in [3.05, 3.63) is 23.5 Å². The van der Waals surface area contributed by atoms with Gasteiger partial charge in [-0.25, -0.2) is 0 Å². The maximum atomic E-state index is 11.7. The summed E-state index contributed by atoms with van der Waals surface area (Å²) in [5.74, 6) is -0.286. The largest absolute Gasteiger partial charge is 0.379 e. The van der Waals surface area contributed by atoms with E-state index in [4.69, 9.17) is 4.74 Å². The van der Waals surface area contributed by atoms with Crippen LogP contribution in [0.4, 0.5) is 0 Å². The molecule has 0 aliphatic heterocycles. The number of ether oxygens (including phenoxy) is 1. The van der Waals surface area contributed by atoms with E-state index in [9.17, 15) is 9.59 Å². The molecule has 1 aromatic rings. The smallest absolute Gasteiger partial charge is 0.267 e. The van der Waals surface area contributed by atoms with Crippen LogP contribution in [0, 0.1) is 0 Å². The Morgan fingerprint density at radius 2 is 2.00 bits per heavy atom. The molecule has 0 saturated carbocycles. The Labute approximate surface area is 107 Å². The van der Waals surface area contributed by atoms with Crippen molar-refractivity contribution in [2.24, 2.45) is 0 Å². The maximum absolute atomic E-state index is 11.7. The third-order valence-electron chi connectivity index (χ3n) is 2.37. The minimum absolute atomic E-state index is 0.0839. The Hall–Kier alpha value is -1.62. The van der Waals surface area contributed by atoms with Gasteiger partial charge in [0.05, 0.1) is 11.8 Å². The summed E-state index contributed by atoms with van der Waals surface area (Å²) in [6.45, 7) is 6.58. The number of ketones is 1. The molecule has 0 atom stereocenters. The number of aromatic nitrogens is 1. The van der Waals surface area contributed by atoms with Crippen molar-refractivity contribution < 1.29 is 14.3 Å². The van der Waals surface area contributed by atoms with Crippen molar-refractivity contribution in [2.45, 2.75) is 33.3 Å². The Bertz CT molecular complexity index is 410. The van der Waals surface area contributed by atoms with Gasteiger partial charge >= 0.3 is 0 Å². The lowest BCUT2D eigenvalue weighted by Gasteiger charge is -2.07. The number of rotatable bonds is 7. The molecule has 0 unspecified atom stereocenters. The minimum Gasteiger partial charge on any atom is -0.379 e. The lowest BCUT2D eigenvalue weighted by atomic mass is 10.3. The summed E-state index contributed by atoms with van der Waals surface area (Å²) in [5, 5.41) is 2.76. The van der Waals surface area contributed by atoms with E-state index in [2.05, 4.69) is 10.3 Å². The van der Waals surface area contributed by atoms with Gasteiger partial charge in [-0.05, 0) is 32.4 Å². The molecule has 0 aliphatic carbocycles. The molecule has 1 rings (SSSR count). The zero-order chi connectivity index (χ0) is 13.5. The second kappa shape index (κ2) is 6.96. The van der Waals surface area contributed by atoms with Crippen molar-refractivity contribution in [3.8, 4) is 0 Å². The van der Waals surface area contributed by atoms with Gasteiger partial charge in [-0.3, -0.25) is 9.59 Å². The van der Waals surface area contributed by atoms with Crippen LogP contribution in [0.25, 0.3) is 0 Å². The lowest BCUT2D eigenvalue weighted by Crippen LogP contribution is -2.26. The van der Waals surface area contributed by atoms with Crippen molar-refractivity contribution in [1.29, 1.82) is 0 Å². The first-order valence-electron chi connectivity index (χ1n) is 6.10. The fourth-order valence-electron chi connectivity index (χ4n) is 1.42. The Morgan fingerprint density at radius 3 is 2.56 bits per heavy atom. The van der Waals surface area contributed by atoms with Crippen LogP contribution in [0.1, 0.15) is 48.2 Å². The van der Waals surface area contributed by atoms with Crippen molar-refractivity contribution in [2.75, 3.05) is 13.2 Å². The monoisotopic (exact) mass is 252 g/mol. The number of carbonyl (C=O) groups is 2. The highest BCUT2D eigenvalue weighted by Crippen LogP contribution is 2.02. The van der Waals surface area contributed by atoms with E-state index < -0.39 is 0 Å². The second-order valence-electron chi connectivity index (χ2n) is 4.37. The summed E-state index contributed by atoms with van der Waals surface area (Å²) in [7, 11) is 0. The average Bonchev–Trinajstić information content (AvgIpc) is 2.77. The predicted molar refractivity (Wildman–Crippen MR) is 68.8 cm³/mol. The summed E-state index contributed by atoms with van der Waals surface area (Å²) in [6.07, 6.45) is 0.978. The third-order valence-corrected chi connectivity index (χ3v) is 2.37. The summed E-state index contributed by atoms with van der Waals surface area (Å²) in [5.41, 5.74) is 0.855. The molecule has 0 bridgehead atoms. The molecule has 0 aromatic carbocycles. The first kappa shape index (κ1) is 14.4. The van der Waals surface area contributed by atoms with Crippen LogP contribution >= 0.6 is 0 Å². The van der Waals surface area contributed by atoms with Gasteiger partial charge in [-0.2, -0.15) is 0 Å². The predicted octanol–water partition coefficient (Wildman–Crippen LogP) is 1.76.